The molecular weight excluding hydrogens is 184 g/mol. The van der Waals surface area contributed by atoms with Gasteiger partial charge in [0, 0.05) is 13.0 Å². The van der Waals surface area contributed by atoms with Gasteiger partial charge >= 0.3 is 0 Å². The second-order valence-corrected chi connectivity index (χ2v) is 3.59. The maximum absolute atomic E-state index is 3.25. The third-order valence-corrected chi connectivity index (χ3v) is 2.77. The number of nitrogens with zero attached hydrogens (tertiary/aromatic N) is 2. The highest BCUT2D eigenvalue weighted by atomic mass is 15.1. The predicted molar refractivity (Wildman–Crippen MR) is 68.0 cm³/mol. The average molecular weight is 210 g/mol. The van der Waals surface area contributed by atoms with Crippen LogP contribution in [0.25, 0.3) is 0 Å². The lowest BCUT2D eigenvalue weighted by Crippen LogP contribution is -2.24. The molecule has 0 aliphatic heterocycles. The zero-order valence-electron chi connectivity index (χ0n) is 10.8. The SMILES string of the molecule is CCN(CC)CC#CCCN(CC)CC. The first-order valence-electron chi connectivity index (χ1n) is 6.18. The third-order valence-electron chi connectivity index (χ3n) is 2.77. The zero-order chi connectivity index (χ0) is 11.5. The van der Waals surface area contributed by atoms with Gasteiger partial charge in [-0.05, 0) is 26.2 Å². The maximum atomic E-state index is 3.25. The van der Waals surface area contributed by atoms with E-state index in [0.717, 1.165) is 45.7 Å². The van der Waals surface area contributed by atoms with Crippen LogP contribution in [0.15, 0.2) is 0 Å². The van der Waals surface area contributed by atoms with Crippen molar-refractivity contribution in [2.45, 2.75) is 34.1 Å². The van der Waals surface area contributed by atoms with Crippen molar-refractivity contribution in [3.05, 3.63) is 0 Å². The Kier molecular flexibility index (Phi) is 9.67. The number of hydrogen-bond acceptors (Lipinski definition) is 2. The summed E-state index contributed by atoms with van der Waals surface area (Å²) < 4.78 is 0. The van der Waals surface area contributed by atoms with Crippen LogP contribution in [0, 0.1) is 11.8 Å². The van der Waals surface area contributed by atoms with Crippen LogP contribution in [-0.2, 0) is 0 Å². The van der Waals surface area contributed by atoms with Gasteiger partial charge in [-0.1, -0.05) is 33.6 Å². The molecule has 0 aliphatic rings. The molecule has 0 aromatic carbocycles. The van der Waals surface area contributed by atoms with Gasteiger partial charge in [-0.25, -0.2) is 0 Å². The van der Waals surface area contributed by atoms with Crippen LogP contribution in [0.2, 0.25) is 0 Å². The van der Waals surface area contributed by atoms with E-state index >= 15 is 0 Å². The monoisotopic (exact) mass is 210 g/mol. The van der Waals surface area contributed by atoms with Crippen LogP contribution < -0.4 is 0 Å². The van der Waals surface area contributed by atoms with Crippen molar-refractivity contribution < 1.29 is 0 Å². The number of rotatable bonds is 7. The fourth-order valence-corrected chi connectivity index (χ4v) is 1.46. The summed E-state index contributed by atoms with van der Waals surface area (Å²) in [7, 11) is 0. The molecule has 15 heavy (non-hydrogen) atoms. The van der Waals surface area contributed by atoms with Crippen molar-refractivity contribution in [3.63, 3.8) is 0 Å². The Balaban J connectivity index is 3.61. The Bertz CT molecular complexity index is 182. The van der Waals surface area contributed by atoms with Crippen molar-refractivity contribution in [3.8, 4) is 11.8 Å². The summed E-state index contributed by atoms with van der Waals surface area (Å²) in [6.45, 7) is 15.3. The second kappa shape index (κ2) is 10.0. The summed E-state index contributed by atoms with van der Waals surface area (Å²) in [5.41, 5.74) is 0. The topological polar surface area (TPSA) is 6.48 Å². The summed E-state index contributed by atoms with van der Waals surface area (Å²) in [6, 6.07) is 0. The van der Waals surface area contributed by atoms with E-state index in [9.17, 15) is 0 Å². The van der Waals surface area contributed by atoms with Crippen molar-refractivity contribution in [2.24, 2.45) is 0 Å². The van der Waals surface area contributed by atoms with Gasteiger partial charge in [-0.15, -0.1) is 5.92 Å². The van der Waals surface area contributed by atoms with Gasteiger partial charge in [0.2, 0.25) is 0 Å². The smallest absolute Gasteiger partial charge is 0.0601 e. The van der Waals surface area contributed by atoms with E-state index in [1.807, 2.05) is 0 Å². The Morgan fingerprint density at radius 2 is 1.27 bits per heavy atom. The Hall–Kier alpha value is -0.520. The molecule has 0 fully saturated rings. The first-order chi connectivity index (χ1) is 7.28. The van der Waals surface area contributed by atoms with Crippen LogP contribution in [0.1, 0.15) is 34.1 Å². The highest BCUT2D eigenvalue weighted by Gasteiger charge is 1.96. The molecule has 0 bridgehead atoms. The van der Waals surface area contributed by atoms with Gasteiger partial charge in [0.1, 0.15) is 0 Å². The summed E-state index contributed by atoms with van der Waals surface area (Å²) >= 11 is 0. The molecule has 0 aromatic rings. The van der Waals surface area contributed by atoms with E-state index in [4.69, 9.17) is 0 Å². The largest absolute Gasteiger partial charge is 0.303 e. The highest BCUT2D eigenvalue weighted by Crippen LogP contribution is 1.89. The Morgan fingerprint density at radius 1 is 0.733 bits per heavy atom. The standard InChI is InChI=1S/C13H26N2/c1-5-14(6-2)12-10-9-11-13-15(7-3)8-4/h5-8,10,12-13H2,1-4H3. The predicted octanol–water partition coefficient (Wildman–Crippen LogP) is 2.06. The van der Waals surface area contributed by atoms with Crippen LogP contribution in [0.3, 0.4) is 0 Å². The molecule has 0 rings (SSSR count). The van der Waals surface area contributed by atoms with E-state index in [0.29, 0.717) is 0 Å². The summed E-state index contributed by atoms with van der Waals surface area (Å²) in [4.78, 5) is 4.75. The zero-order valence-corrected chi connectivity index (χ0v) is 10.8. The molecule has 0 radical (unpaired) electrons. The molecule has 0 aliphatic carbocycles. The summed E-state index contributed by atoms with van der Waals surface area (Å²) in [5, 5.41) is 0. The summed E-state index contributed by atoms with van der Waals surface area (Å²) in [6.07, 6.45) is 1.00. The van der Waals surface area contributed by atoms with Gasteiger partial charge in [0.15, 0.2) is 0 Å². The van der Waals surface area contributed by atoms with Gasteiger partial charge in [-0.2, -0.15) is 0 Å². The molecule has 0 atom stereocenters. The second-order valence-electron chi connectivity index (χ2n) is 3.59. The van der Waals surface area contributed by atoms with Crippen LogP contribution >= 0.6 is 0 Å². The lowest BCUT2D eigenvalue weighted by atomic mass is 10.3. The molecule has 0 aromatic heterocycles. The maximum Gasteiger partial charge on any atom is 0.0601 e. The molecule has 0 saturated carbocycles. The molecule has 2 nitrogen and oxygen atoms in total. The van der Waals surface area contributed by atoms with E-state index < -0.39 is 0 Å². The fraction of sp³-hybridized carbons (Fsp3) is 0.846. The minimum atomic E-state index is 0.922. The molecule has 0 heterocycles. The first-order valence-corrected chi connectivity index (χ1v) is 6.18. The van der Waals surface area contributed by atoms with E-state index in [1.54, 1.807) is 0 Å². The van der Waals surface area contributed by atoms with Gasteiger partial charge in [-0.3, -0.25) is 4.90 Å². The summed E-state index contributed by atoms with van der Waals surface area (Å²) in [5.74, 6) is 6.49. The Labute approximate surface area is 95.6 Å². The fourth-order valence-electron chi connectivity index (χ4n) is 1.46. The van der Waals surface area contributed by atoms with Gasteiger partial charge in [0.25, 0.3) is 0 Å². The van der Waals surface area contributed by atoms with Crippen molar-refractivity contribution in [2.75, 3.05) is 39.3 Å². The van der Waals surface area contributed by atoms with E-state index in [1.165, 1.54) is 0 Å². The lowest BCUT2D eigenvalue weighted by molar-refractivity contribution is 0.311. The highest BCUT2D eigenvalue weighted by molar-refractivity contribution is 5.01. The minimum Gasteiger partial charge on any atom is -0.303 e. The van der Waals surface area contributed by atoms with Crippen molar-refractivity contribution in [1.29, 1.82) is 0 Å². The van der Waals surface area contributed by atoms with Gasteiger partial charge < -0.3 is 4.90 Å². The molecule has 0 N–H and O–H groups in total. The van der Waals surface area contributed by atoms with E-state index in [2.05, 4.69) is 49.3 Å². The van der Waals surface area contributed by atoms with E-state index in [-0.39, 0.29) is 0 Å². The minimum absolute atomic E-state index is 0.922. The van der Waals surface area contributed by atoms with Crippen LogP contribution in [0.5, 0.6) is 0 Å². The van der Waals surface area contributed by atoms with Crippen LogP contribution in [-0.4, -0.2) is 49.1 Å². The molecular formula is C13H26N2. The van der Waals surface area contributed by atoms with Crippen molar-refractivity contribution in [1.82, 2.24) is 9.80 Å². The molecule has 2 heteroatoms. The van der Waals surface area contributed by atoms with Crippen molar-refractivity contribution >= 4 is 0 Å². The first kappa shape index (κ1) is 14.5. The quantitative estimate of drug-likeness (QED) is 0.594. The molecule has 0 unspecified atom stereocenters. The molecule has 88 valence electrons. The third kappa shape index (κ3) is 7.41. The Morgan fingerprint density at radius 3 is 1.73 bits per heavy atom. The molecule has 0 spiro atoms. The molecule has 0 amide bonds. The normalized spacial score (nSPS) is 10.5. The number of hydrogen-bond donors (Lipinski definition) is 0. The van der Waals surface area contributed by atoms with Crippen LogP contribution in [0.4, 0.5) is 0 Å². The van der Waals surface area contributed by atoms with Gasteiger partial charge in [0.05, 0.1) is 6.54 Å². The average Bonchev–Trinajstić information content (AvgIpc) is 2.29. The lowest BCUT2D eigenvalue weighted by Gasteiger charge is -2.15. The molecule has 0 saturated heterocycles.